The quantitative estimate of drug-likeness (QED) is 0.677. The Bertz CT molecular complexity index is 226. The van der Waals surface area contributed by atoms with Gasteiger partial charge in [0.2, 0.25) is 0 Å². The van der Waals surface area contributed by atoms with Crippen LogP contribution in [0, 0.1) is 0 Å². The summed E-state index contributed by atoms with van der Waals surface area (Å²) in [6, 6.07) is 9.85. The van der Waals surface area contributed by atoms with Crippen molar-refractivity contribution < 1.29 is 9.26 Å². The van der Waals surface area contributed by atoms with Crippen LogP contribution in [-0.2, 0) is 4.74 Å². The van der Waals surface area contributed by atoms with E-state index >= 15 is 0 Å². The van der Waals surface area contributed by atoms with Crippen LogP contribution in [0.5, 0.6) is 5.75 Å². The first-order valence-electron chi connectivity index (χ1n) is 4.30. The number of rotatable bonds is 5. The van der Waals surface area contributed by atoms with Gasteiger partial charge in [-0.15, -0.1) is 0 Å². The number of hydrogen-bond donors (Lipinski definition) is 0. The number of para-hydroxylation sites is 1. The lowest BCUT2D eigenvalue weighted by Gasteiger charge is -2.09. The summed E-state index contributed by atoms with van der Waals surface area (Å²) in [4.78, 5) is 0. The molecule has 1 aromatic rings. The van der Waals surface area contributed by atoms with Crippen LogP contribution in [-0.4, -0.2) is 19.4 Å². The summed E-state index contributed by atoms with van der Waals surface area (Å²) in [5.74, 6) is 0.934. The molecule has 72 valence electrons. The van der Waals surface area contributed by atoms with Crippen LogP contribution in [0.25, 0.3) is 0 Å². The molecular weight excluding hydrogens is 183 g/mol. The van der Waals surface area contributed by atoms with Crippen molar-refractivity contribution in [1.29, 1.82) is 0 Å². The fraction of sp³-hybridized carbons (Fsp3) is 0.400. The second-order valence-corrected chi connectivity index (χ2v) is 3.71. The minimum absolute atomic E-state index is 0.280. The zero-order valence-electron chi connectivity index (χ0n) is 7.99. The lowest BCUT2D eigenvalue weighted by atomic mass is 10.3. The number of hydrogen-bond acceptors (Lipinski definition) is 2. The van der Waals surface area contributed by atoms with Gasteiger partial charge in [0, 0.05) is 13.3 Å². The van der Waals surface area contributed by atoms with Gasteiger partial charge in [-0.1, -0.05) is 18.2 Å². The van der Waals surface area contributed by atoms with E-state index in [0.29, 0.717) is 8.81 Å². The molecule has 0 heterocycles. The number of ether oxygens (including phenoxy) is 1. The highest BCUT2D eigenvalue weighted by atomic mass is 31.1. The fourth-order valence-electron chi connectivity index (χ4n) is 0.814. The molecular formula is C10H15O2P. The van der Waals surface area contributed by atoms with Crippen molar-refractivity contribution in [2.24, 2.45) is 0 Å². The Morgan fingerprint density at radius 2 is 2.00 bits per heavy atom. The van der Waals surface area contributed by atoms with Crippen molar-refractivity contribution in [1.82, 2.24) is 0 Å². The van der Waals surface area contributed by atoms with Gasteiger partial charge in [-0.25, -0.2) is 0 Å². The van der Waals surface area contributed by atoms with Crippen LogP contribution in [0.1, 0.15) is 6.92 Å². The summed E-state index contributed by atoms with van der Waals surface area (Å²) >= 11 is 0. The standard InChI is InChI=1S/C10H15O2P/c1-9(11-2)8-13-12-10-6-4-3-5-7-10/h3-7,9,13H,8H2,1-2H3. The summed E-state index contributed by atoms with van der Waals surface area (Å²) < 4.78 is 10.6. The SMILES string of the molecule is COC(C)CPOc1ccccc1. The molecule has 2 atom stereocenters. The van der Waals surface area contributed by atoms with Crippen LogP contribution in [0.15, 0.2) is 30.3 Å². The van der Waals surface area contributed by atoms with Crippen LogP contribution in [0.2, 0.25) is 0 Å². The molecule has 0 fully saturated rings. The lowest BCUT2D eigenvalue weighted by molar-refractivity contribution is 0.136. The highest BCUT2D eigenvalue weighted by Gasteiger charge is 1.99. The van der Waals surface area contributed by atoms with Crippen molar-refractivity contribution >= 4 is 8.81 Å². The van der Waals surface area contributed by atoms with Crippen molar-refractivity contribution in [3.05, 3.63) is 30.3 Å². The van der Waals surface area contributed by atoms with Crippen molar-refractivity contribution in [3.63, 3.8) is 0 Å². The smallest absolute Gasteiger partial charge is 0.122 e. The van der Waals surface area contributed by atoms with Gasteiger partial charge in [0.1, 0.15) is 5.75 Å². The molecule has 2 unspecified atom stereocenters. The molecule has 0 N–H and O–H groups in total. The number of methoxy groups -OCH3 is 1. The van der Waals surface area contributed by atoms with Crippen LogP contribution in [0.3, 0.4) is 0 Å². The molecule has 3 heteroatoms. The average Bonchev–Trinajstić information content (AvgIpc) is 2.19. The van der Waals surface area contributed by atoms with E-state index in [2.05, 4.69) is 0 Å². The van der Waals surface area contributed by atoms with Gasteiger partial charge >= 0.3 is 0 Å². The molecule has 0 aliphatic rings. The lowest BCUT2D eigenvalue weighted by Crippen LogP contribution is -2.07. The predicted molar refractivity (Wildman–Crippen MR) is 56.7 cm³/mol. The number of benzene rings is 1. The Balaban J connectivity index is 2.20. The van der Waals surface area contributed by atoms with Gasteiger partial charge in [0.05, 0.1) is 14.9 Å². The Morgan fingerprint density at radius 1 is 1.31 bits per heavy atom. The highest BCUT2D eigenvalue weighted by Crippen LogP contribution is 2.20. The zero-order valence-corrected chi connectivity index (χ0v) is 8.99. The third kappa shape index (κ3) is 4.25. The van der Waals surface area contributed by atoms with Gasteiger partial charge in [-0.05, 0) is 19.1 Å². The van der Waals surface area contributed by atoms with Crippen molar-refractivity contribution in [2.45, 2.75) is 13.0 Å². The minimum atomic E-state index is 0.280. The second kappa shape index (κ2) is 5.95. The second-order valence-electron chi connectivity index (χ2n) is 2.81. The summed E-state index contributed by atoms with van der Waals surface area (Å²) in [5.41, 5.74) is 0. The molecule has 0 saturated heterocycles. The molecule has 13 heavy (non-hydrogen) atoms. The molecule has 0 spiro atoms. The topological polar surface area (TPSA) is 18.5 Å². The molecule has 2 nitrogen and oxygen atoms in total. The molecule has 0 aromatic heterocycles. The fourth-order valence-corrected chi connectivity index (χ4v) is 1.60. The van der Waals surface area contributed by atoms with E-state index in [-0.39, 0.29) is 6.10 Å². The van der Waals surface area contributed by atoms with Crippen molar-refractivity contribution in [2.75, 3.05) is 13.3 Å². The van der Waals surface area contributed by atoms with E-state index in [4.69, 9.17) is 9.26 Å². The predicted octanol–water partition coefficient (Wildman–Crippen LogP) is 2.69. The zero-order chi connectivity index (χ0) is 9.52. The third-order valence-electron chi connectivity index (χ3n) is 1.71. The van der Waals surface area contributed by atoms with Crippen LogP contribution >= 0.6 is 8.81 Å². The Labute approximate surface area is 81.1 Å². The normalized spacial score (nSPS) is 13.4. The van der Waals surface area contributed by atoms with Gasteiger partial charge in [-0.3, -0.25) is 0 Å². The van der Waals surface area contributed by atoms with Gasteiger partial charge < -0.3 is 9.26 Å². The summed E-state index contributed by atoms with van der Waals surface area (Å²) in [6.07, 6.45) is 1.23. The first-order valence-corrected chi connectivity index (χ1v) is 5.42. The molecule has 1 aromatic carbocycles. The summed E-state index contributed by atoms with van der Waals surface area (Å²) in [7, 11) is 2.19. The largest absolute Gasteiger partial charge is 0.477 e. The Morgan fingerprint density at radius 3 is 2.62 bits per heavy atom. The molecule has 0 saturated carbocycles. The van der Waals surface area contributed by atoms with E-state index in [0.717, 1.165) is 11.9 Å². The summed E-state index contributed by atoms with van der Waals surface area (Å²) in [6.45, 7) is 2.04. The monoisotopic (exact) mass is 198 g/mol. The first-order chi connectivity index (χ1) is 6.33. The van der Waals surface area contributed by atoms with Gasteiger partial charge in [-0.2, -0.15) is 0 Å². The molecule has 0 bridgehead atoms. The van der Waals surface area contributed by atoms with Gasteiger partial charge in [0.15, 0.2) is 0 Å². The van der Waals surface area contributed by atoms with E-state index in [1.54, 1.807) is 7.11 Å². The Kier molecular flexibility index (Phi) is 4.81. The maximum Gasteiger partial charge on any atom is 0.122 e. The van der Waals surface area contributed by atoms with Crippen LogP contribution in [0.4, 0.5) is 0 Å². The molecule has 1 rings (SSSR count). The first kappa shape index (κ1) is 10.5. The van der Waals surface area contributed by atoms with Crippen LogP contribution < -0.4 is 4.52 Å². The van der Waals surface area contributed by atoms with Crippen molar-refractivity contribution in [3.8, 4) is 5.75 Å². The average molecular weight is 198 g/mol. The molecule has 0 amide bonds. The molecule has 0 aliphatic carbocycles. The minimum Gasteiger partial charge on any atom is -0.477 e. The Hall–Kier alpha value is -0.590. The third-order valence-corrected chi connectivity index (χ3v) is 2.83. The van der Waals surface area contributed by atoms with E-state index in [9.17, 15) is 0 Å². The molecule has 0 radical (unpaired) electrons. The van der Waals surface area contributed by atoms with E-state index < -0.39 is 0 Å². The van der Waals surface area contributed by atoms with Gasteiger partial charge in [0.25, 0.3) is 0 Å². The maximum atomic E-state index is 5.53. The maximum absolute atomic E-state index is 5.53. The molecule has 0 aliphatic heterocycles. The summed E-state index contributed by atoms with van der Waals surface area (Å²) in [5, 5.41) is 0. The highest BCUT2D eigenvalue weighted by molar-refractivity contribution is 7.32. The van der Waals surface area contributed by atoms with E-state index in [1.165, 1.54) is 0 Å². The van der Waals surface area contributed by atoms with E-state index in [1.807, 2.05) is 37.3 Å².